The Balaban J connectivity index is 2.54. The van der Waals surface area contributed by atoms with Crippen molar-refractivity contribution in [3.8, 4) is 0 Å². The fourth-order valence-electron chi connectivity index (χ4n) is 1.12. The molecule has 0 fully saturated rings. The van der Waals surface area contributed by atoms with Crippen molar-refractivity contribution in [1.82, 2.24) is 0 Å². The van der Waals surface area contributed by atoms with E-state index in [9.17, 15) is 4.79 Å². The van der Waals surface area contributed by atoms with Gasteiger partial charge in [0.2, 0.25) is 0 Å². The third kappa shape index (κ3) is 3.80. The maximum absolute atomic E-state index is 11.3. The third-order valence-corrected chi connectivity index (χ3v) is 2.12. The van der Waals surface area contributed by atoms with E-state index in [0.717, 1.165) is 5.69 Å². The first-order valence-electron chi connectivity index (χ1n) is 4.82. The van der Waals surface area contributed by atoms with Crippen LogP contribution in [-0.4, -0.2) is 18.6 Å². The number of hydrogen-bond donors (Lipinski definition) is 1. The van der Waals surface area contributed by atoms with Crippen molar-refractivity contribution in [3.05, 3.63) is 29.3 Å². The molecule has 0 aliphatic rings. The summed E-state index contributed by atoms with van der Waals surface area (Å²) < 4.78 is 4.87. The number of nitrogens with one attached hydrogen (secondary N) is 1. The van der Waals surface area contributed by atoms with E-state index in [1.807, 2.05) is 12.1 Å². The molecule has 1 rings (SSSR count). The molecule has 0 radical (unpaired) electrons. The van der Waals surface area contributed by atoms with Crippen LogP contribution in [0.15, 0.2) is 24.3 Å². The summed E-state index contributed by atoms with van der Waals surface area (Å²) in [6.07, 6.45) is 0. The first-order valence-corrected chi connectivity index (χ1v) is 5.20. The Bertz CT molecular complexity index is 324. The van der Waals surface area contributed by atoms with Gasteiger partial charge in [0.05, 0.1) is 6.61 Å². The molecule has 1 N–H and O–H groups in total. The summed E-state index contributed by atoms with van der Waals surface area (Å²) in [5.41, 5.74) is 0.847. The molecule has 0 aromatic heterocycles. The zero-order valence-corrected chi connectivity index (χ0v) is 9.54. The molecule has 0 bridgehead atoms. The minimum Gasteiger partial charge on any atom is -0.464 e. The average Bonchev–Trinajstić information content (AvgIpc) is 2.22. The van der Waals surface area contributed by atoms with Crippen LogP contribution >= 0.6 is 11.6 Å². The lowest BCUT2D eigenvalue weighted by atomic mass is 10.2. The number of carbonyl (C=O) groups is 1. The standard InChI is InChI=1S/C11H14ClNO2/c1-3-15-11(14)8(2)13-10-6-4-9(12)5-7-10/h4-8,13H,3H2,1-2H3/t8-/m1/s1. The van der Waals surface area contributed by atoms with Crippen molar-refractivity contribution in [2.45, 2.75) is 19.9 Å². The lowest BCUT2D eigenvalue weighted by molar-refractivity contribution is -0.143. The summed E-state index contributed by atoms with van der Waals surface area (Å²) in [5.74, 6) is -0.257. The van der Waals surface area contributed by atoms with Crippen molar-refractivity contribution >= 4 is 23.3 Å². The Kier molecular flexibility index (Phi) is 4.43. The van der Waals surface area contributed by atoms with Crippen molar-refractivity contribution in [3.63, 3.8) is 0 Å². The monoisotopic (exact) mass is 227 g/mol. The van der Waals surface area contributed by atoms with Gasteiger partial charge in [0.15, 0.2) is 0 Å². The molecule has 0 aliphatic heterocycles. The molecule has 0 spiro atoms. The Labute approximate surface area is 94.4 Å². The van der Waals surface area contributed by atoms with Crippen molar-refractivity contribution in [1.29, 1.82) is 0 Å². The number of anilines is 1. The van der Waals surface area contributed by atoms with Crippen molar-refractivity contribution < 1.29 is 9.53 Å². The summed E-state index contributed by atoms with van der Waals surface area (Å²) in [5, 5.41) is 3.69. The highest BCUT2D eigenvalue weighted by molar-refractivity contribution is 6.30. The second kappa shape index (κ2) is 5.61. The number of rotatable bonds is 4. The summed E-state index contributed by atoms with van der Waals surface area (Å²) >= 11 is 5.74. The average molecular weight is 228 g/mol. The largest absolute Gasteiger partial charge is 0.464 e. The molecule has 82 valence electrons. The Morgan fingerprint density at radius 1 is 1.47 bits per heavy atom. The number of hydrogen-bond acceptors (Lipinski definition) is 3. The molecule has 0 saturated carbocycles. The topological polar surface area (TPSA) is 38.3 Å². The van der Waals surface area contributed by atoms with Crippen LogP contribution in [0.3, 0.4) is 0 Å². The van der Waals surface area contributed by atoms with E-state index in [1.165, 1.54) is 0 Å². The van der Waals surface area contributed by atoms with Crippen molar-refractivity contribution in [2.75, 3.05) is 11.9 Å². The highest BCUT2D eigenvalue weighted by atomic mass is 35.5. The normalized spacial score (nSPS) is 11.9. The van der Waals surface area contributed by atoms with Crippen LogP contribution in [0.4, 0.5) is 5.69 Å². The summed E-state index contributed by atoms with van der Waals surface area (Å²) in [6, 6.07) is 6.81. The second-order valence-electron chi connectivity index (χ2n) is 3.12. The van der Waals surface area contributed by atoms with Crippen LogP contribution in [0.1, 0.15) is 13.8 Å². The van der Waals surface area contributed by atoms with E-state index in [2.05, 4.69) is 5.32 Å². The maximum Gasteiger partial charge on any atom is 0.328 e. The molecule has 1 aromatic rings. The Hall–Kier alpha value is -1.22. The zero-order valence-electron chi connectivity index (χ0n) is 8.79. The van der Waals surface area contributed by atoms with Crippen LogP contribution < -0.4 is 5.32 Å². The number of benzene rings is 1. The van der Waals surface area contributed by atoms with Gasteiger partial charge in [0.1, 0.15) is 6.04 Å². The SMILES string of the molecule is CCOC(=O)[C@@H](C)Nc1ccc(Cl)cc1. The van der Waals surface area contributed by atoms with Crippen LogP contribution in [0.2, 0.25) is 5.02 Å². The van der Waals surface area contributed by atoms with Gasteiger partial charge in [-0.05, 0) is 38.1 Å². The van der Waals surface area contributed by atoms with Crippen LogP contribution in [-0.2, 0) is 9.53 Å². The van der Waals surface area contributed by atoms with Gasteiger partial charge in [-0.3, -0.25) is 0 Å². The van der Waals surface area contributed by atoms with E-state index in [-0.39, 0.29) is 12.0 Å². The van der Waals surface area contributed by atoms with E-state index in [1.54, 1.807) is 26.0 Å². The minimum absolute atomic E-state index is 0.257. The van der Waals surface area contributed by atoms with E-state index in [0.29, 0.717) is 11.6 Å². The van der Waals surface area contributed by atoms with E-state index >= 15 is 0 Å². The van der Waals surface area contributed by atoms with Gasteiger partial charge in [0.25, 0.3) is 0 Å². The molecule has 15 heavy (non-hydrogen) atoms. The predicted molar refractivity (Wildman–Crippen MR) is 61.2 cm³/mol. The van der Waals surface area contributed by atoms with Crippen molar-refractivity contribution in [2.24, 2.45) is 0 Å². The van der Waals surface area contributed by atoms with E-state index < -0.39 is 0 Å². The minimum atomic E-state index is -0.355. The smallest absolute Gasteiger partial charge is 0.328 e. The highest BCUT2D eigenvalue weighted by Crippen LogP contribution is 2.14. The number of esters is 1. The van der Waals surface area contributed by atoms with Crippen LogP contribution in [0, 0.1) is 0 Å². The van der Waals surface area contributed by atoms with Gasteiger partial charge in [0, 0.05) is 10.7 Å². The molecule has 0 unspecified atom stereocenters. The quantitative estimate of drug-likeness (QED) is 0.804. The number of halogens is 1. The summed E-state index contributed by atoms with van der Waals surface area (Å²) in [6.45, 7) is 3.94. The molecule has 0 heterocycles. The third-order valence-electron chi connectivity index (χ3n) is 1.87. The van der Waals surface area contributed by atoms with Gasteiger partial charge in [-0.1, -0.05) is 11.6 Å². The first kappa shape index (κ1) is 11.9. The highest BCUT2D eigenvalue weighted by Gasteiger charge is 2.12. The number of carbonyl (C=O) groups excluding carboxylic acids is 1. The first-order chi connectivity index (χ1) is 7.13. The van der Waals surface area contributed by atoms with Gasteiger partial charge >= 0.3 is 5.97 Å². The van der Waals surface area contributed by atoms with Gasteiger partial charge in [-0.2, -0.15) is 0 Å². The lowest BCUT2D eigenvalue weighted by Gasteiger charge is -2.13. The predicted octanol–water partition coefficient (Wildman–Crippen LogP) is 2.70. The molecule has 0 saturated heterocycles. The van der Waals surface area contributed by atoms with Crippen LogP contribution in [0.5, 0.6) is 0 Å². The molecule has 1 atom stereocenters. The molecule has 0 amide bonds. The molecule has 1 aromatic carbocycles. The zero-order chi connectivity index (χ0) is 11.3. The molecule has 3 nitrogen and oxygen atoms in total. The fraction of sp³-hybridized carbons (Fsp3) is 0.364. The molecule has 0 aliphatic carbocycles. The van der Waals surface area contributed by atoms with Crippen LogP contribution in [0.25, 0.3) is 0 Å². The van der Waals surface area contributed by atoms with Gasteiger partial charge in [-0.25, -0.2) is 4.79 Å². The fourth-order valence-corrected chi connectivity index (χ4v) is 1.25. The van der Waals surface area contributed by atoms with E-state index in [4.69, 9.17) is 16.3 Å². The summed E-state index contributed by atoms with van der Waals surface area (Å²) in [4.78, 5) is 11.3. The van der Waals surface area contributed by atoms with Gasteiger partial charge < -0.3 is 10.1 Å². The lowest BCUT2D eigenvalue weighted by Crippen LogP contribution is -2.28. The maximum atomic E-state index is 11.3. The molecule has 4 heteroatoms. The Morgan fingerprint density at radius 3 is 2.60 bits per heavy atom. The molecular weight excluding hydrogens is 214 g/mol. The Morgan fingerprint density at radius 2 is 2.07 bits per heavy atom. The number of ether oxygens (including phenoxy) is 1. The second-order valence-corrected chi connectivity index (χ2v) is 3.56. The van der Waals surface area contributed by atoms with Gasteiger partial charge in [-0.15, -0.1) is 0 Å². The summed E-state index contributed by atoms with van der Waals surface area (Å²) in [7, 11) is 0. The molecular formula is C11H14ClNO2.